The normalized spacial score (nSPS) is 32.6. The molecule has 0 aromatic rings. The van der Waals surface area contributed by atoms with Gasteiger partial charge in [0, 0.05) is 12.6 Å². The minimum absolute atomic E-state index is 0.353. The van der Waals surface area contributed by atoms with Gasteiger partial charge < -0.3 is 5.11 Å². The molecule has 0 spiro atoms. The molecule has 1 aliphatic heterocycles. The third kappa shape index (κ3) is 1.12. The van der Waals surface area contributed by atoms with Gasteiger partial charge in [0.05, 0.1) is 5.41 Å². The molecule has 1 N–H and O–H groups in total. The Labute approximate surface area is 72.4 Å². The van der Waals surface area contributed by atoms with Gasteiger partial charge in [0.2, 0.25) is 0 Å². The molecule has 1 heterocycles. The predicted molar refractivity (Wildman–Crippen MR) is 45.0 cm³/mol. The van der Waals surface area contributed by atoms with Gasteiger partial charge in [-0.25, -0.2) is 0 Å². The summed E-state index contributed by atoms with van der Waals surface area (Å²) in [7, 11) is 0. The predicted octanol–water partition coefficient (Wildman–Crippen LogP) is 0.945. The first-order valence-electron chi connectivity index (χ1n) is 4.61. The summed E-state index contributed by atoms with van der Waals surface area (Å²) < 4.78 is 0. The molecule has 68 valence electrons. The molecule has 0 radical (unpaired) electrons. The molecule has 2 fully saturated rings. The van der Waals surface area contributed by atoms with Crippen molar-refractivity contribution < 1.29 is 9.90 Å². The Morgan fingerprint density at radius 2 is 2.33 bits per heavy atom. The molecule has 1 saturated carbocycles. The van der Waals surface area contributed by atoms with Crippen molar-refractivity contribution in [2.45, 2.75) is 32.2 Å². The first-order valence-corrected chi connectivity index (χ1v) is 4.61. The third-order valence-electron chi connectivity index (χ3n) is 3.27. The van der Waals surface area contributed by atoms with Crippen LogP contribution in [0.25, 0.3) is 0 Å². The summed E-state index contributed by atoms with van der Waals surface area (Å²) in [4.78, 5) is 13.1. The van der Waals surface area contributed by atoms with Crippen molar-refractivity contribution in [1.29, 1.82) is 0 Å². The summed E-state index contributed by atoms with van der Waals surface area (Å²) in [5, 5.41) is 8.93. The Kier molecular flexibility index (Phi) is 1.65. The second kappa shape index (κ2) is 2.46. The van der Waals surface area contributed by atoms with Crippen molar-refractivity contribution in [3.8, 4) is 0 Å². The van der Waals surface area contributed by atoms with Crippen molar-refractivity contribution in [2.75, 3.05) is 13.1 Å². The molecule has 3 heteroatoms. The number of likely N-dealkylation sites (tertiary alicyclic amines) is 1. The van der Waals surface area contributed by atoms with Crippen molar-refractivity contribution in [1.82, 2.24) is 4.90 Å². The van der Waals surface area contributed by atoms with Crippen LogP contribution in [-0.2, 0) is 4.79 Å². The maximum Gasteiger partial charge on any atom is 0.310 e. The molecule has 0 amide bonds. The van der Waals surface area contributed by atoms with Gasteiger partial charge in [-0.3, -0.25) is 9.69 Å². The van der Waals surface area contributed by atoms with Gasteiger partial charge >= 0.3 is 5.97 Å². The lowest BCUT2D eigenvalue weighted by molar-refractivity contribution is -0.145. The average Bonchev–Trinajstić information content (AvgIpc) is 2.78. The zero-order chi connectivity index (χ0) is 8.77. The smallest absolute Gasteiger partial charge is 0.310 e. The number of carboxylic acids is 1. The van der Waals surface area contributed by atoms with E-state index in [1.54, 1.807) is 0 Å². The Morgan fingerprint density at radius 1 is 1.67 bits per heavy atom. The van der Waals surface area contributed by atoms with E-state index in [0.29, 0.717) is 6.04 Å². The van der Waals surface area contributed by atoms with E-state index in [9.17, 15) is 4.79 Å². The summed E-state index contributed by atoms with van der Waals surface area (Å²) in [5.74, 6) is -0.596. The monoisotopic (exact) mass is 169 g/mol. The highest BCUT2D eigenvalue weighted by atomic mass is 16.4. The van der Waals surface area contributed by atoms with Crippen LogP contribution in [0, 0.1) is 5.41 Å². The summed E-state index contributed by atoms with van der Waals surface area (Å²) >= 11 is 0. The van der Waals surface area contributed by atoms with Gasteiger partial charge in [-0.05, 0) is 32.7 Å². The molecule has 12 heavy (non-hydrogen) atoms. The maximum absolute atomic E-state index is 10.8. The molecule has 0 aromatic heterocycles. The molecule has 1 aliphatic carbocycles. The lowest BCUT2D eigenvalue weighted by atomic mass is 9.99. The minimum Gasteiger partial charge on any atom is -0.481 e. The molecular weight excluding hydrogens is 154 g/mol. The lowest BCUT2D eigenvalue weighted by Crippen LogP contribution is -2.49. The highest BCUT2D eigenvalue weighted by molar-refractivity contribution is 5.78. The van der Waals surface area contributed by atoms with Crippen LogP contribution in [0.1, 0.15) is 26.2 Å². The zero-order valence-corrected chi connectivity index (χ0v) is 7.42. The second-order valence-electron chi connectivity index (χ2n) is 4.19. The molecule has 2 rings (SSSR count). The van der Waals surface area contributed by atoms with Gasteiger partial charge in [-0.15, -0.1) is 0 Å². The summed E-state index contributed by atoms with van der Waals surface area (Å²) in [5.41, 5.74) is -0.353. The fraction of sp³-hybridized carbons (Fsp3) is 0.889. The molecule has 0 bridgehead atoms. The van der Waals surface area contributed by atoms with E-state index >= 15 is 0 Å². The van der Waals surface area contributed by atoms with Crippen LogP contribution in [0.15, 0.2) is 0 Å². The first-order chi connectivity index (χ1) is 5.64. The van der Waals surface area contributed by atoms with Gasteiger partial charge in [-0.2, -0.15) is 0 Å². The Hall–Kier alpha value is -0.570. The van der Waals surface area contributed by atoms with Crippen LogP contribution in [-0.4, -0.2) is 35.1 Å². The van der Waals surface area contributed by atoms with Crippen molar-refractivity contribution >= 4 is 5.97 Å². The molecule has 0 aromatic carbocycles. The van der Waals surface area contributed by atoms with Gasteiger partial charge in [0.1, 0.15) is 0 Å². The van der Waals surface area contributed by atoms with E-state index in [1.165, 1.54) is 6.42 Å². The topological polar surface area (TPSA) is 40.5 Å². The summed E-state index contributed by atoms with van der Waals surface area (Å²) in [6, 6.07) is 0.613. The van der Waals surface area contributed by atoms with Crippen molar-refractivity contribution in [3.05, 3.63) is 0 Å². The van der Waals surface area contributed by atoms with Crippen molar-refractivity contribution in [3.63, 3.8) is 0 Å². The van der Waals surface area contributed by atoms with Crippen molar-refractivity contribution in [2.24, 2.45) is 5.41 Å². The molecule has 1 atom stereocenters. The second-order valence-corrected chi connectivity index (χ2v) is 4.19. The third-order valence-corrected chi connectivity index (χ3v) is 3.27. The number of hydrogen-bond acceptors (Lipinski definition) is 2. The SMILES string of the molecule is CC1CCN1CC1(C(=O)O)CC1. The van der Waals surface area contributed by atoms with Crippen LogP contribution in [0.5, 0.6) is 0 Å². The number of aliphatic carboxylic acids is 1. The molecular formula is C9H15NO2. The van der Waals surface area contributed by atoms with Gasteiger partial charge in [0.25, 0.3) is 0 Å². The standard InChI is InChI=1S/C9H15NO2/c1-7-2-5-10(7)6-9(3-4-9)8(11)12/h7H,2-6H2,1H3,(H,11,12). The van der Waals surface area contributed by atoms with Crippen LogP contribution in [0.3, 0.4) is 0 Å². The Morgan fingerprint density at radius 3 is 2.58 bits per heavy atom. The number of rotatable bonds is 3. The van der Waals surface area contributed by atoms with Gasteiger partial charge in [0.15, 0.2) is 0 Å². The van der Waals surface area contributed by atoms with Crippen LogP contribution >= 0.6 is 0 Å². The Balaban J connectivity index is 1.90. The largest absolute Gasteiger partial charge is 0.481 e. The molecule has 1 saturated heterocycles. The van der Waals surface area contributed by atoms with E-state index in [-0.39, 0.29) is 5.41 Å². The summed E-state index contributed by atoms with van der Waals surface area (Å²) in [6.07, 6.45) is 2.99. The van der Waals surface area contributed by atoms with E-state index in [0.717, 1.165) is 25.9 Å². The van der Waals surface area contributed by atoms with E-state index in [4.69, 9.17) is 5.11 Å². The van der Waals surface area contributed by atoms with Crippen LogP contribution in [0.4, 0.5) is 0 Å². The van der Waals surface area contributed by atoms with Crippen LogP contribution < -0.4 is 0 Å². The fourth-order valence-electron chi connectivity index (χ4n) is 1.78. The van der Waals surface area contributed by atoms with Gasteiger partial charge in [-0.1, -0.05) is 0 Å². The first kappa shape index (κ1) is 8.05. The Bertz CT molecular complexity index is 211. The number of carboxylic acid groups (broad SMARTS) is 1. The number of nitrogens with zero attached hydrogens (tertiary/aromatic N) is 1. The van der Waals surface area contributed by atoms with E-state index < -0.39 is 5.97 Å². The van der Waals surface area contributed by atoms with E-state index in [1.807, 2.05) is 0 Å². The highest BCUT2D eigenvalue weighted by Crippen LogP contribution is 2.47. The minimum atomic E-state index is -0.596. The quantitative estimate of drug-likeness (QED) is 0.683. The fourth-order valence-corrected chi connectivity index (χ4v) is 1.78. The van der Waals surface area contributed by atoms with E-state index in [2.05, 4.69) is 11.8 Å². The summed E-state index contributed by atoms with van der Waals surface area (Å²) in [6.45, 7) is 4.04. The van der Waals surface area contributed by atoms with Crippen LogP contribution in [0.2, 0.25) is 0 Å². The average molecular weight is 169 g/mol. The highest BCUT2D eigenvalue weighted by Gasteiger charge is 2.52. The maximum atomic E-state index is 10.8. The number of carbonyl (C=O) groups is 1. The molecule has 3 nitrogen and oxygen atoms in total. The zero-order valence-electron chi connectivity index (χ0n) is 7.42. The number of hydrogen-bond donors (Lipinski definition) is 1. The molecule has 2 aliphatic rings. The lowest BCUT2D eigenvalue weighted by Gasteiger charge is -2.40. The molecule has 1 unspecified atom stereocenters.